The lowest BCUT2D eigenvalue weighted by molar-refractivity contribution is -0.143. The monoisotopic (exact) mass is 483 g/mol. The van der Waals surface area contributed by atoms with E-state index in [1.165, 1.54) is 24.3 Å². The SMILES string of the molecule is [C-]#[N+]c1ccc(Oc2cc(NC(=O)Nc3cc(C(F)(F)F)cc(C(F)(F)F)c3)ccc2F)cc1. The van der Waals surface area contributed by atoms with Crippen molar-refractivity contribution in [1.29, 1.82) is 0 Å². The molecule has 5 nitrogen and oxygen atoms in total. The number of nitrogens with one attached hydrogen (secondary N) is 2. The Balaban J connectivity index is 1.78. The first-order valence-electron chi connectivity index (χ1n) is 9.17. The molecule has 2 amide bonds. The summed E-state index contributed by atoms with van der Waals surface area (Å²) >= 11 is 0. The van der Waals surface area contributed by atoms with Crippen molar-refractivity contribution < 1.29 is 40.3 Å². The minimum atomic E-state index is -5.08. The molecule has 0 aliphatic carbocycles. The zero-order chi connectivity index (χ0) is 25.1. The van der Waals surface area contributed by atoms with E-state index in [9.17, 15) is 35.5 Å². The molecule has 0 atom stereocenters. The number of benzene rings is 3. The quantitative estimate of drug-likeness (QED) is 0.293. The van der Waals surface area contributed by atoms with Gasteiger partial charge >= 0.3 is 18.4 Å². The summed E-state index contributed by atoms with van der Waals surface area (Å²) in [5.41, 5.74) is -3.69. The molecule has 3 aromatic carbocycles. The molecule has 0 unspecified atom stereocenters. The van der Waals surface area contributed by atoms with Gasteiger partial charge in [0, 0.05) is 17.4 Å². The number of carbonyl (C=O) groups excluding carboxylic acids is 1. The molecular formula is C22H12F7N3O2. The number of hydrogen-bond donors (Lipinski definition) is 2. The molecule has 0 bridgehead atoms. The summed E-state index contributed by atoms with van der Waals surface area (Å²) in [4.78, 5) is 15.4. The molecule has 2 N–H and O–H groups in total. The van der Waals surface area contributed by atoms with Gasteiger partial charge in [-0.05, 0) is 42.5 Å². The van der Waals surface area contributed by atoms with E-state index >= 15 is 0 Å². The Hall–Kier alpha value is -4.27. The van der Waals surface area contributed by atoms with Gasteiger partial charge in [0.05, 0.1) is 17.7 Å². The number of amides is 2. The van der Waals surface area contributed by atoms with Crippen molar-refractivity contribution >= 4 is 23.1 Å². The van der Waals surface area contributed by atoms with Crippen molar-refractivity contribution in [2.45, 2.75) is 12.4 Å². The Bertz CT molecular complexity index is 1220. The summed E-state index contributed by atoms with van der Waals surface area (Å²) < 4.78 is 97.2. The number of hydrogen-bond acceptors (Lipinski definition) is 2. The first-order chi connectivity index (χ1) is 15.8. The Kier molecular flexibility index (Phi) is 6.67. The summed E-state index contributed by atoms with van der Waals surface area (Å²) in [7, 11) is 0. The van der Waals surface area contributed by atoms with Crippen LogP contribution in [0.4, 0.5) is 52.6 Å². The molecule has 0 aliphatic rings. The van der Waals surface area contributed by atoms with Gasteiger partial charge in [0.2, 0.25) is 0 Å². The van der Waals surface area contributed by atoms with Crippen molar-refractivity contribution in [3.05, 3.63) is 89.0 Å². The predicted octanol–water partition coefficient (Wildman–Crippen LogP) is 7.85. The number of carbonyl (C=O) groups is 1. The van der Waals surface area contributed by atoms with Gasteiger partial charge in [-0.3, -0.25) is 0 Å². The van der Waals surface area contributed by atoms with Crippen molar-refractivity contribution in [3.8, 4) is 11.5 Å². The van der Waals surface area contributed by atoms with Crippen molar-refractivity contribution in [2.24, 2.45) is 0 Å². The Morgan fingerprint density at radius 3 is 1.88 bits per heavy atom. The van der Waals surface area contributed by atoms with Crippen LogP contribution in [0.1, 0.15) is 11.1 Å². The minimum Gasteiger partial charge on any atom is -0.454 e. The molecule has 3 rings (SSSR count). The fourth-order valence-electron chi connectivity index (χ4n) is 2.70. The van der Waals surface area contributed by atoms with Crippen LogP contribution in [-0.4, -0.2) is 6.03 Å². The molecule has 0 radical (unpaired) electrons. The average molecular weight is 483 g/mol. The second-order valence-corrected chi connectivity index (χ2v) is 6.73. The molecule has 0 fully saturated rings. The topological polar surface area (TPSA) is 54.7 Å². The normalized spacial score (nSPS) is 11.5. The third-order valence-corrected chi connectivity index (χ3v) is 4.23. The van der Waals surface area contributed by atoms with Crippen LogP contribution in [-0.2, 0) is 12.4 Å². The Morgan fingerprint density at radius 1 is 0.794 bits per heavy atom. The number of rotatable bonds is 4. The van der Waals surface area contributed by atoms with Crippen LogP contribution in [0.25, 0.3) is 4.85 Å². The number of anilines is 2. The van der Waals surface area contributed by atoms with Gasteiger partial charge < -0.3 is 15.4 Å². The molecule has 0 heterocycles. The highest BCUT2D eigenvalue weighted by Crippen LogP contribution is 2.37. The molecule has 34 heavy (non-hydrogen) atoms. The van der Waals surface area contributed by atoms with E-state index in [4.69, 9.17) is 11.3 Å². The van der Waals surface area contributed by atoms with Crippen LogP contribution in [0.5, 0.6) is 11.5 Å². The van der Waals surface area contributed by atoms with Crippen molar-refractivity contribution in [1.82, 2.24) is 0 Å². The molecule has 12 heteroatoms. The molecule has 176 valence electrons. The number of urea groups is 1. The second-order valence-electron chi connectivity index (χ2n) is 6.73. The van der Waals surface area contributed by atoms with E-state index in [-0.39, 0.29) is 23.3 Å². The fourth-order valence-corrected chi connectivity index (χ4v) is 2.70. The van der Waals surface area contributed by atoms with E-state index in [2.05, 4.69) is 10.2 Å². The van der Waals surface area contributed by atoms with E-state index < -0.39 is 41.0 Å². The van der Waals surface area contributed by atoms with Crippen LogP contribution in [0, 0.1) is 12.4 Å². The van der Waals surface area contributed by atoms with Gasteiger partial charge in [-0.2, -0.15) is 26.3 Å². The molecule has 0 saturated carbocycles. The van der Waals surface area contributed by atoms with Gasteiger partial charge in [0.25, 0.3) is 0 Å². The molecule has 0 spiro atoms. The van der Waals surface area contributed by atoms with E-state index in [1.807, 2.05) is 5.32 Å². The molecule has 3 aromatic rings. The lowest BCUT2D eigenvalue weighted by Gasteiger charge is -2.15. The zero-order valence-electron chi connectivity index (χ0n) is 16.7. The van der Waals surface area contributed by atoms with Crippen LogP contribution < -0.4 is 15.4 Å². The summed E-state index contributed by atoms with van der Waals surface area (Å²) in [6.07, 6.45) is -10.2. The number of halogens is 7. The van der Waals surface area contributed by atoms with Crippen LogP contribution >= 0.6 is 0 Å². The molecule has 0 saturated heterocycles. The first-order valence-corrected chi connectivity index (χ1v) is 9.17. The highest BCUT2D eigenvalue weighted by molar-refractivity contribution is 6.00. The minimum absolute atomic E-state index is 0.0605. The second kappa shape index (κ2) is 9.30. The fraction of sp³-hybridized carbons (Fsp3) is 0.0909. The van der Waals surface area contributed by atoms with Crippen LogP contribution in [0.2, 0.25) is 0 Å². The average Bonchev–Trinajstić information content (AvgIpc) is 2.75. The number of nitrogens with zero attached hydrogens (tertiary/aromatic N) is 1. The summed E-state index contributed by atoms with van der Waals surface area (Å²) in [5.74, 6) is -0.962. The predicted molar refractivity (Wildman–Crippen MR) is 108 cm³/mol. The molecule has 0 aromatic heterocycles. The Labute approximate surface area is 187 Å². The maximum Gasteiger partial charge on any atom is 0.416 e. The maximum atomic E-state index is 14.1. The van der Waals surface area contributed by atoms with Gasteiger partial charge in [-0.1, -0.05) is 12.1 Å². The van der Waals surface area contributed by atoms with E-state index in [0.29, 0.717) is 17.8 Å². The Morgan fingerprint density at radius 2 is 1.35 bits per heavy atom. The van der Waals surface area contributed by atoms with Gasteiger partial charge in [0.1, 0.15) is 5.75 Å². The van der Waals surface area contributed by atoms with Gasteiger partial charge in [0.15, 0.2) is 17.3 Å². The maximum absolute atomic E-state index is 14.1. The standard InChI is InChI=1S/C22H12F7N3O2/c1-30-14-2-5-17(6-3-14)34-19-11-15(4-7-18(19)23)31-20(33)32-16-9-12(21(24,25)26)8-13(10-16)22(27,28)29/h2-11H,(H2,31,32,33). The smallest absolute Gasteiger partial charge is 0.416 e. The molecular weight excluding hydrogens is 471 g/mol. The lowest BCUT2D eigenvalue weighted by Crippen LogP contribution is -2.21. The van der Waals surface area contributed by atoms with Gasteiger partial charge in [-0.15, -0.1) is 0 Å². The summed E-state index contributed by atoms with van der Waals surface area (Å²) in [6, 6.07) is 8.23. The summed E-state index contributed by atoms with van der Waals surface area (Å²) in [6.45, 7) is 6.89. The summed E-state index contributed by atoms with van der Waals surface area (Å²) in [5, 5.41) is 4.08. The first kappa shape index (κ1) is 24.4. The largest absolute Gasteiger partial charge is 0.454 e. The van der Waals surface area contributed by atoms with Gasteiger partial charge in [-0.25, -0.2) is 14.0 Å². The third-order valence-electron chi connectivity index (χ3n) is 4.23. The number of ether oxygens (including phenoxy) is 1. The van der Waals surface area contributed by atoms with E-state index in [0.717, 1.165) is 18.2 Å². The highest BCUT2D eigenvalue weighted by Gasteiger charge is 2.37. The number of alkyl halides is 6. The molecule has 0 aliphatic heterocycles. The lowest BCUT2D eigenvalue weighted by atomic mass is 10.1. The highest BCUT2D eigenvalue weighted by atomic mass is 19.4. The van der Waals surface area contributed by atoms with Crippen LogP contribution in [0.15, 0.2) is 60.7 Å². The van der Waals surface area contributed by atoms with Crippen molar-refractivity contribution in [3.63, 3.8) is 0 Å². The van der Waals surface area contributed by atoms with Crippen molar-refractivity contribution in [2.75, 3.05) is 10.6 Å². The van der Waals surface area contributed by atoms with E-state index in [1.54, 1.807) is 0 Å². The van der Waals surface area contributed by atoms with Crippen LogP contribution in [0.3, 0.4) is 0 Å². The third kappa shape index (κ3) is 6.16. The zero-order valence-corrected chi connectivity index (χ0v) is 16.7.